The molecule has 10 heteroatoms. The van der Waals surface area contributed by atoms with Crippen LogP contribution in [-0.2, 0) is 23.9 Å². The molecule has 404 valence electrons. The van der Waals surface area contributed by atoms with Crippen molar-refractivity contribution in [2.24, 2.45) is 11.8 Å². The zero-order valence-electron chi connectivity index (χ0n) is 45.6. The van der Waals surface area contributed by atoms with Gasteiger partial charge >= 0.3 is 18.1 Å². The maximum absolute atomic E-state index is 13.9. The molecule has 0 aliphatic rings. The number of ether oxygens (including phenoxy) is 2. The highest BCUT2D eigenvalue weighted by Gasteiger charge is 2.26. The lowest BCUT2D eigenvalue weighted by Crippen LogP contribution is -2.41. The van der Waals surface area contributed by atoms with Crippen molar-refractivity contribution in [3.63, 3.8) is 0 Å². The molecule has 0 saturated heterocycles. The molecule has 0 N–H and O–H groups in total. The van der Waals surface area contributed by atoms with Crippen molar-refractivity contribution >= 4 is 17.8 Å². The van der Waals surface area contributed by atoms with E-state index < -0.39 is 12.6 Å². The van der Waals surface area contributed by atoms with Crippen LogP contribution in [0.5, 0.6) is 0 Å². The van der Waals surface area contributed by atoms with Crippen molar-refractivity contribution in [2.75, 3.05) is 40.4 Å². The standard InChI is InChI=1S/C58H111F3N2O5/c1-7-11-15-19-21-29-40-52(38-27-17-13-9-3)50-67-56(65)45-34-25-31-42-54(63(49-37-48-62(5)6)55(64)44-33-23-24-36-47-58(59,60)61)43-32-26-35-46-57(66)68-51-53(39-28-18-14-10-4)41-30-22-20-16-12-8-2/h52-54H,7-51H2,1-6H3. The molecule has 2 unspecified atom stereocenters. The number of esters is 2. The van der Waals surface area contributed by atoms with Gasteiger partial charge in [0.1, 0.15) is 0 Å². The molecule has 0 heterocycles. The summed E-state index contributed by atoms with van der Waals surface area (Å²) < 4.78 is 49.9. The number of hydrogen-bond acceptors (Lipinski definition) is 6. The predicted octanol–water partition coefficient (Wildman–Crippen LogP) is 17.7. The summed E-state index contributed by atoms with van der Waals surface area (Å²) in [6.07, 6.45) is 35.3. The van der Waals surface area contributed by atoms with Gasteiger partial charge in [-0.15, -0.1) is 0 Å². The van der Waals surface area contributed by atoms with E-state index in [9.17, 15) is 27.6 Å². The molecule has 2 atom stereocenters. The fourth-order valence-electron chi connectivity index (χ4n) is 9.61. The molecule has 0 rings (SSSR count). The zero-order valence-corrected chi connectivity index (χ0v) is 45.6. The summed E-state index contributed by atoms with van der Waals surface area (Å²) >= 11 is 0. The Morgan fingerprint density at radius 2 is 0.750 bits per heavy atom. The molecule has 0 aromatic heterocycles. The monoisotopic (exact) mass is 973 g/mol. The van der Waals surface area contributed by atoms with E-state index in [1.807, 2.05) is 14.1 Å². The first-order valence-corrected chi connectivity index (χ1v) is 29.2. The lowest BCUT2D eigenvalue weighted by Gasteiger charge is -2.33. The first-order valence-electron chi connectivity index (χ1n) is 29.2. The normalized spacial score (nSPS) is 13.2. The molecule has 0 fully saturated rings. The fraction of sp³-hybridized carbons (Fsp3) is 0.948. The minimum atomic E-state index is -4.14. The maximum Gasteiger partial charge on any atom is 0.389 e. The molecule has 0 spiro atoms. The summed E-state index contributed by atoms with van der Waals surface area (Å²) in [7, 11) is 4.07. The summed E-state index contributed by atoms with van der Waals surface area (Å²) in [5.74, 6) is 0.783. The van der Waals surface area contributed by atoms with Crippen LogP contribution in [0.3, 0.4) is 0 Å². The predicted molar refractivity (Wildman–Crippen MR) is 281 cm³/mol. The topological polar surface area (TPSA) is 76.2 Å². The van der Waals surface area contributed by atoms with Crippen LogP contribution in [0.2, 0.25) is 0 Å². The SMILES string of the molecule is CCCCCCCCC(CCCCCC)COC(=O)CCCCCC(CCCCCC(=O)OCC(CCCCCC)CCCCCCCC)N(CCCN(C)C)C(=O)CCCCCCC(F)(F)F. The van der Waals surface area contributed by atoms with E-state index in [0.29, 0.717) is 70.1 Å². The van der Waals surface area contributed by atoms with Crippen molar-refractivity contribution < 1.29 is 37.0 Å². The van der Waals surface area contributed by atoms with Crippen molar-refractivity contribution in [3.05, 3.63) is 0 Å². The lowest BCUT2D eigenvalue weighted by molar-refractivity contribution is -0.146. The van der Waals surface area contributed by atoms with E-state index in [-0.39, 0.29) is 30.3 Å². The lowest BCUT2D eigenvalue weighted by atomic mass is 9.95. The molecule has 0 aromatic rings. The van der Waals surface area contributed by atoms with Gasteiger partial charge in [0.15, 0.2) is 0 Å². The third kappa shape index (κ3) is 44.1. The minimum Gasteiger partial charge on any atom is -0.465 e. The first-order chi connectivity index (χ1) is 32.9. The molecule has 0 saturated carbocycles. The molecule has 0 bridgehead atoms. The largest absolute Gasteiger partial charge is 0.465 e. The Morgan fingerprint density at radius 1 is 0.412 bits per heavy atom. The Labute approximate surface area is 418 Å². The van der Waals surface area contributed by atoms with Gasteiger partial charge in [-0.2, -0.15) is 13.2 Å². The van der Waals surface area contributed by atoms with Gasteiger partial charge in [0.2, 0.25) is 5.91 Å². The first kappa shape index (κ1) is 66.2. The Balaban J connectivity index is 5.42. The van der Waals surface area contributed by atoms with Crippen LogP contribution in [0.25, 0.3) is 0 Å². The number of unbranched alkanes of at least 4 members (excludes halogenated alkanes) is 23. The Kier molecular flexibility index (Phi) is 46.2. The second kappa shape index (κ2) is 47.5. The molecular weight excluding hydrogens is 862 g/mol. The van der Waals surface area contributed by atoms with Crippen LogP contribution < -0.4 is 0 Å². The third-order valence-corrected chi connectivity index (χ3v) is 14.0. The van der Waals surface area contributed by atoms with Crippen LogP contribution in [0.4, 0.5) is 13.2 Å². The number of carbonyl (C=O) groups excluding carboxylic acids is 3. The molecule has 0 aliphatic carbocycles. The van der Waals surface area contributed by atoms with Crippen LogP contribution in [0.15, 0.2) is 0 Å². The minimum absolute atomic E-state index is 0.0414. The smallest absolute Gasteiger partial charge is 0.389 e. The number of carbonyl (C=O) groups is 3. The van der Waals surface area contributed by atoms with Gasteiger partial charge in [-0.25, -0.2) is 0 Å². The van der Waals surface area contributed by atoms with Gasteiger partial charge in [0.05, 0.1) is 13.2 Å². The average molecular weight is 974 g/mol. The summed E-state index contributed by atoms with van der Waals surface area (Å²) in [6.45, 7) is 11.5. The van der Waals surface area contributed by atoms with Gasteiger partial charge < -0.3 is 19.3 Å². The summed E-state index contributed by atoms with van der Waals surface area (Å²) in [5.41, 5.74) is 0. The van der Waals surface area contributed by atoms with E-state index in [1.165, 1.54) is 128 Å². The third-order valence-electron chi connectivity index (χ3n) is 14.0. The maximum atomic E-state index is 13.9. The second-order valence-corrected chi connectivity index (χ2v) is 21.0. The molecule has 1 amide bonds. The number of alkyl halides is 3. The summed E-state index contributed by atoms with van der Waals surface area (Å²) in [6, 6.07) is 0.0414. The highest BCUT2D eigenvalue weighted by Crippen LogP contribution is 2.26. The zero-order chi connectivity index (χ0) is 50.4. The summed E-state index contributed by atoms with van der Waals surface area (Å²) in [5, 5.41) is 0. The van der Waals surface area contributed by atoms with Crippen molar-refractivity contribution in [3.8, 4) is 0 Å². The fourth-order valence-corrected chi connectivity index (χ4v) is 9.61. The molecular formula is C58H111F3N2O5. The van der Waals surface area contributed by atoms with Crippen molar-refractivity contribution in [2.45, 2.75) is 303 Å². The molecule has 0 radical (unpaired) electrons. The van der Waals surface area contributed by atoms with Gasteiger partial charge in [0, 0.05) is 38.3 Å². The van der Waals surface area contributed by atoms with Crippen LogP contribution in [0.1, 0.15) is 291 Å². The van der Waals surface area contributed by atoms with Crippen LogP contribution in [-0.4, -0.2) is 80.3 Å². The Hall–Kier alpha value is -1.84. The van der Waals surface area contributed by atoms with Gasteiger partial charge in [-0.3, -0.25) is 14.4 Å². The number of hydrogen-bond donors (Lipinski definition) is 0. The Bertz CT molecular complexity index is 1080. The van der Waals surface area contributed by atoms with E-state index in [1.54, 1.807) is 0 Å². The van der Waals surface area contributed by atoms with E-state index in [0.717, 1.165) is 90.0 Å². The molecule has 68 heavy (non-hydrogen) atoms. The Morgan fingerprint density at radius 3 is 1.16 bits per heavy atom. The quantitative estimate of drug-likeness (QED) is 0.0446. The number of halogens is 3. The van der Waals surface area contributed by atoms with E-state index in [4.69, 9.17) is 9.47 Å². The number of amides is 1. The molecule has 0 aliphatic heterocycles. The van der Waals surface area contributed by atoms with Crippen LogP contribution >= 0.6 is 0 Å². The van der Waals surface area contributed by atoms with Gasteiger partial charge in [-0.1, -0.05) is 195 Å². The average Bonchev–Trinajstić information content (AvgIpc) is 3.30. The van der Waals surface area contributed by atoms with Crippen molar-refractivity contribution in [1.82, 2.24) is 9.80 Å². The van der Waals surface area contributed by atoms with E-state index >= 15 is 0 Å². The van der Waals surface area contributed by atoms with Crippen LogP contribution in [0, 0.1) is 11.8 Å². The molecule has 7 nitrogen and oxygen atoms in total. The van der Waals surface area contributed by atoms with Crippen molar-refractivity contribution in [1.29, 1.82) is 0 Å². The van der Waals surface area contributed by atoms with Gasteiger partial charge in [0.25, 0.3) is 0 Å². The van der Waals surface area contributed by atoms with E-state index in [2.05, 4.69) is 37.5 Å². The number of rotatable bonds is 51. The number of nitrogens with zero attached hydrogens (tertiary/aromatic N) is 2. The molecule has 0 aromatic carbocycles. The highest BCUT2D eigenvalue weighted by atomic mass is 19.4. The van der Waals surface area contributed by atoms with Gasteiger partial charge in [-0.05, 0) is 103 Å². The second-order valence-electron chi connectivity index (χ2n) is 21.0. The highest BCUT2D eigenvalue weighted by molar-refractivity contribution is 5.76. The summed E-state index contributed by atoms with van der Waals surface area (Å²) in [4.78, 5) is 44.0.